The van der Waals surface area contributed by atoms with E-state index in [1.807, 2.05) is 20.0 Å². The molecule has 0 saturated carbocycles. The Labute approximate surface area is 117 Å². The molecule has 0 spiro atoms. The average Bonchev–Trinajstić information content (AvgIpc) is 2.38. The second kappa shape index (κ2) is 8.62. The van der Waals surface area contributed by atoms with Crippen molar-refractivity contribution < 1.29 is 9.13 Å². The molecule has 1 N–H and O–H groups in total. The number of nitrogens with one attached hydrogen (secondary N) is 1. The molecule has 0 aliphatic rings. The number of likely N-dealkylation sites (N-methyl/N-ethyl adjacent to an activating group) is 1. The third-order valence-electron chi connectivity index (χ3n) is 2.95. The van der Waals surface area contributed by atoms with Gasteiger partial charge in [0, 0.05) is 19.3 Å². The van der Waals surface area contributed by atoms with Crippen molar-refractivity contribution in [3.63, 3.8) is 0 Å². The zero-order valence-electron chi connectivity index (χ0n) is 11.0. The number of hydrogen-bond donors (Lipinski definition) is 1. The predicted molar refractivity (Wildman–Crippen MR) is 76.4 cm³/mol. The van der Waals surface area contributed by atoms with Gasteiger partial charge >= 0.3 is 0 Å². The SMILES string of the molecule is CCOCCCC(Cc1cccc(F)c1Br)NC. The Balaban J connectivity index is 2.49. The van der Waals surface area contributed by atoms with Crippen LogP contribution in [0.2, 0.25) is 0 Å². The zero-order chi connectivity index (χ0) is 13.4. The molecule has 0 saturated heterocycles. The first kappa shape index (κ1) is 15.6. The average molecular weight is 318 g/mol. The molecule has 0 heterocycles. The summed E-state index contributed by atoms with van der Waals surface area (Å²) in [5.74, 6) is -0.198. The second-order valence-corrected chi connectivity index (χ2v) is 5.03. The highest BCUT2D eigenvalue weighted by atomic mass is 79.9. The van der Waals surface area contributed by atoms with Gasteiger partial charge in [-0.25, -0.2) is 4.39 Å². The Hall–Kier alpha value is -0.450. The third kappa shape index (κ3) is 5.04. The Morgan fingerprint density at radius 1 is 1.44 bits per heavy atom. The van der Waals surface area contributed by atoms with Crippen LogP contribution in [-0.4, -0.2) is 26.3 Å². The van der Waals surface area contributed by atoms with E-state index >= 15 is 0 Å². The highest BCUT2D eigenvalue weighted by Crippen LogP contribution is 2.22. The standard InChI is InChI=1S/C14H21BrFNO/c1-3-18-9-5-7-12(17-2)10-11-6-4-8-13(16)14(11)15/h4,6,8,12,17H,3,5,7,9-10H2,1-2H3. The molecule has 1 aromatic rings. The number of hydrogen-bond acceptors (Lipinski definition) is 2. The molecule has 1 unspecified atom stereocenters. The predicted octanol–water partition coefficient (Wildman–Crippen LogP) is 3.54. The Kier molecular flexibility index (Phi) is 7.47. The smallest absolute Gasteiger partial charge is 0.137 e. The van der Waals surface area contributed by atoms with E-state index in [4.69, 9.17) is 4.74 Å². The first-order valence-electron chi connectivity index (χ1n) is 6.37. The topological polar surface area (TPSA) is 21.3 Å². The fourth-order valence-corrected chi connectivity index (χ4v) is 2.32. The Bertz CT molecular complexity index is 360. The van der Waals surface area contributed by atoms with E-state index in [1.54, 1.807) is 6.07 Å². The first-order valence-corrected chi connectivity index (χ1v) is 7.16. The fraction of sp³-hybridized carbons (Fsp3) is 0.571. The lowest BCUT2D eigenvalue weighted by molar-refractivity contribution is 0.141. The fourth-order valence-electron chi connectivity index (χ4n) is 1.90. The highest BCUT2D eigenvalue weighted by Gasteiger charge is 2.11. The van der Waals surface area contributed by atoms with Crippen LogP contribution in [0.1, 0.15) is 25.3 Å². The van der Waals surface area contributed by atoms with Gasteiger partial charge in [-0.3, -0.25) is 0 Å². The lowest BCUT2D eigenvalue weighted by atomic mass is 10.0. The Morgan fingerprint density at radius 2 is 2.22 bits per heavy atom. The summed E-state index contributed by atoms with van der Waals surface area (Å²) >= 11 is 3.30. The summed E-state index contributed by atoms with van der Waals surface area (Å²) < 4.78 is 19.3. The van der Waals surface area contributed by atoms with Gasteiger partial charge in [-0.1, -0.05) is 12.1 Å². The van der Waals surface area contributed by atoms with Crippen molar-refractivity contribution in [1.29, 1.82) is 0 Å². The first-order chi connectivity index (χ1) is 8.69. The van der Waals surface area contributed by atoms with Crippen molar-refractivity contribution in [3.05, 3.63) is 34.1 Å². The van der Waals surface area contributed by atoms with E-state index in [9.17, 15) is 4.39 Å². The molecule has 2 nitrogen and oxygen atoms in total. The third-order valence-corrected chi connectivity index (χ3v) is 3.84. The van der Waals surface area contributed by atoms with E-state index < -0.39 is 0 Å². The van der Waals surface area contributed by atoms with E-state index in [0.717, 1.165) is 38.0 Å². The van der Waals surface area contributed by atoms with E-state index in [2.05, 4.69) is 21.2 Å². The van der Waals surface area contributed by atoms with E-state index in [0.29, 0.717) is 10.5 Å². The van der Waals surface area contributed by atoms with Crippen LogP contribution in [0.5, 0.6) is 0 Å². The van der Waals surface area contributed by atoms with Crippen molar-refractivity contribution >= 4 is 15.9 Å². The van der Waals surface area contributed by atoms with Crippen LogP contribution in [0.3, 0.4) is 0 Å². The minimum atomic E-state index is -0.198. The summed E-state index contributed by atoms with van der Waals surface area (Å²) in [6, 6.07) is 5.53. The highest BCUT2D eigenvalue weighted by molar-refractivity contribution is 9.10. The molecule has 0 radical (unpaired) electrons. The molecule has 18 heavy (non-hydrogen) atoms. The van der Waals surface area contributed by atoms with Crippen LogP contribution >= 0.6 is 15.9 Å². The van der Waals surface area contributed by atoms with Gasteiger partial charge < -0.3 is 10.1 Å². The van der Waals surface area contributed by atoms with Crippen LogP contribution in [-0.2, 0) is 11.2 Å². The van der Waals surface area contributed by atoms with Crippen molar-refractivity contribution in [2.75, 3.05) is 20.3 Å². The monoisotopic (exact) mass is 317 g/mol. The minimum Gasteiger partial charge on any atom is -0.382 e. The van der Waals surface area contributed by atoms with Crippen molar-refractivity contribution in [2.24, 2.45) is 0 Å². The van der Waals surface area contributed by atoms with Crippen LogP contribution in [0.15, 0.2) is 22.7 Å². The van der Waals surface area contributed by atoms with Gasteiger partial charge in [0.25, 0.3) is 0 Å². The summed E-state index contributed by atoms with van der Waals surface area (Å²) in [6.07, 6.45) is 2.87. The lowest BCUT2D eigenvalue weighted by Crippen LogP contribution is -2.28. The molecule has 0 bridgehead atoms. The molecule has 0 aliphatic heterocycles. The van der Waals surface area contributed by atoms with E-state index in [-0.39, 0.29) is 5.82 Å². The normalized spacial score (nSPS) is 12.7. The number of halogens is 2. The van der Waals surface area contributed by atoms with Gasteiger partial charge in [-0.15, -0.1) is 0 Å². The van der Waals surface area contributed by atoms with Crippen molar-refractivity contribution in [1.82, 2.24) is 5.32 Å². The molecule has 102 valence electrons. The molecular weight excluding hydrogens is 297 g/mol. The lowest BCUT2D eigenvalue weighted by Gasteiger charge is -2.17. The number of ether oxygens (including phenoxy) is 1. The Morgan fingerprint density at radius 3 is 2.89 bits per heavy atom. The molecule has 4 heteroatoms. The van der Waals surface area contributed by atoms with E-state index in [1.165, 1.54) is 6.07 Å². The van der Waals surface area contributed by atoms with Gasteiger partial charge in [0.1, 0.15) is 5.82 Å². The summed E-state index contributed by atoms with van der Waals surface area (Å²) in [7, 11) is 1.94. The van der Waals surface area contributed by atoms with Crippen molar-refractivity contribution in [2.45, 2.75) is 32.2 Å². The van der Waals surface area contributed by atoms with Crippen LogP contribution in [0.4, 0.5) is 4.39 Å². The molecule has 0 aromatic heterocycles. The molecular formula is C14H21BrFNO. The van der Waals surface area contributed by atoms with Gasteiger partial charge in [0.05, 0.1) is 4.47 Å². The number of benzene rings is 1. The van der Waals surface area contributed by atoms with Crippen LogP contribution in [0, 0.1) is 5.82 Å². The summed E-state index contributed by atoms with van der Waals surface area (Å²) in [5, 5.41) is 3.28. The van der Waals surface area contributed by atoms with Crippen LogP contribution in [0.25, 0.3) is 0 Å². The summed E-state index contributed by atoms with van der Waals surface area (Å²) in [5.41, 5.74) is 1.01. The largest absolute Gasteiger partial charge is 0.382 e. The summed E-state index contributed by atoms with van der Waals surface area (Å²) in [6.45, 7) is 3.55. The van der Waals surface area contributed by atoms with Crippen molar-refractivity contribution in [3.8, 4) is 0 Å². The zero-order valence-corrected chi connectivity index (χ0v) is 12.6. The molecule has 1 atom stereocenters. The quantitative estimate of drug-likeness (QED) is 0.740. The van der Waals surface area contributed by atoms with Crippen LogP contribution < -0.4 is 5.32 Å². The maximum Gasteiger partial charge on any atom is 0.137 e. The molecule has 1 rings (SSSR count). The maximum atomic E-state index is 13.4. The molecule has 0 amide bonds. The molecule has 0 fully saturated rings. The van der Waals surface area contributed by atoms with Gasteiger partial charge in [-0.2, -0.15) is 0 Å². The van der Waals surface area contributed by atoms with Gasteiger partial charge in [-0.05, 0) is 60.8 Å². The minimum absolute atomic E-state index is 0.198. The maximum absolute atomic E-state index is 13.4. The number of rotatable bonds is 8. The van der Waals surface area contributed by atoms with Gasteiger partial charge in [0.15, 0.2) is 0 Å². The van der Waals surface area contributed by atoms with Gasteiger partial charge in [0.2, 0.25) is 0 Å². The molecule has 1 aromatic carbocycles. The summed E-state index contributed by atoms with van der Waals surface area (Å²) in [4.78, 5) is 0. The molecule has 0 aliphatic carbocycles. The second-order valence-electron chi connectivity index (χ2n) is 4.24.